The van der Waals surface area contributed by atoms with Gasteiger partial charge in [0.1, 0.15) is 10.6 Å². The zero-order valence-corrected chi connectivity index (χ0v) is 14.4. The molecule has 0 amide bonds. The molecule has 0 aliphatic carbocycles. The smallest absolute Gasteiger partial charge is 0.339 e. The van der Waals surface area contributed by atoms with Crippen molar-refractivity contribution in [3.63, 3.8) is 0 Å². The first-order chi connectivity index (χ1) is 11.0. The van der Waals surface area contributed by atoms with E-state index in [0.717, 1.165) is 29.5 Å². The summed E-state index contributed by atoms with van der Waals surface area (Å²) in [6.07, 6.45) is 3.99. The van der Waals surface area contributed by atoms with Gasteiger partial charge in [-0.15, -0.1) is 6.58 Å². The Balaban J connectivity index is 2.44. The summed E-state index contributed by atoms with van der Waals surface area (Å²) < 4.78 is 30.7. The van der Waals surface area contributed by atoms with Gasteiger partial charge in [0.05, 0.1) is 0 Å². The number of para-hydroxylation sites is 1. The lowest BCUT2D eigenvalue weighted by molar-refractivity contribution is 0.480. The average Bonchev–Trinajstić information content (AvgIpc) is 2.51. The van der Waals surface area contributed by atoms with Crippen molar-refractivity contribution < 1.29 is 12.6 Å². The molecule has 0 radical (unpaired) electrons. The maximum atomic E-state index is 12.6. The molecule has 0 N–H and O–H groups in total. The highest BCUT2D eigenvalue weighted by Crippen LogP contribution is 2.29. The van der Waals surface area contributed by atoms with Gasteiger partial charge in [-0.05, 0) is 43.0 Å². The summed E-state index contributed by atoms with van der Waals surface area (Å²) in [4.78, 5) is 0.166. The van der Waals surface area contributed by atoms with Crippen molar-refractivity contribution >= 4 is 10.1 Å². The topological polar surface area (TPSA) is 43.4 Å². The van der Waals surface area contributed by atoms with Crippen LogP contribution in [0.5, 0.6) is 5.75 Å². The van der Waals surface area contributed by atoms with Gasteiger partial charge >= 0.3 is 10.1 Å². The van der Waals surface area contributed by atoms with Crippen LogP contribution in [-0.2, 0) is 23.0 Å². The van der Waals surface area contributed by atoms with Gasteiger partial charge in [-0.1, -0.05) is 55.3 Å². The van der Waals surface area contributed by atoms with Crippen molar-refractivity contribution in [2.24, 2.45) is 0 Å². The summed E-state index contributed by atoms with van der Waals surface area (Å²) in [6, 6.07) is 12.4. The van der Waals surface area contributed by atoms with Crippen LogP contribution < -0.4 is 4.18 Å². The first-order valence-electron chi connectivity index (χ1n) is 7.70. The van der Waals surface area contributed by atoms with E-state index in [1.807, 2.05) is 25.1 Å². The lowest BCUT2D eigenvalue weighted by atomic mass is 10.0. The van der Waals surface area contributed by atoms with E-state index < -0.39 is 10.1 Å². The van der Waals surface area contributed by atoms with E-state index >= 15 is 0 Å². The zero-order valence-electron chi connectivity index (χ0n) is 13.6. The molecule has 23 heavy (non-hydrogen) atoms. The molecule has 122 valence electrons. The second-order valence-electron chi connectivity index (χ2n) is 5.50. The van der Waals surface area contributed by atoms with Gasteiger partial charge in [0.15, 0.2) is 0 Å². The summed E-state index contributed by atoms with van der Waals surface area (Å²) in [7, 11) is -3.85. The van der Waals surface area contributed by atoms with Gasteiger partial charge in [-0.25, -0.2) is 0 Å². The van der Waals surface area contributed by atoms with Gasteiger partial charge in [0.25, 0.3) is 0 Å². The van der Waals surface area contributed by atoms with Crippen LogP contribution in [0.15, 0.2) is 60.0 Å². The van der Waals surface area contributed by atoms with E-state index in [1.54, 1.807) is 30.3 Å². The van der Waals surface area contributed by atoms with E-state index in [4.69, 9.17) is 4.18 Å². The van der Waals surface area contributed by atoms with Crippen LogP contribution in [0.3, 0.4) is 0 Å². The maximum absolute atomic E-state index is 12.6. The van der Waals surface area contributed by atoms with E-state index in [9.17, 15) is 8.42 Å². The minimum absolute atomic E-state index is 0.166. The van der Waals surface area contributed by atoms with Crippen LogP contribution in [0.2, 0.25) is 0 Å². The van der Waals surface area contributed by atoms with Crippen LogP contribution in [-0.4, -0.2) is 8.42 Å². The predicted molar refractivity (Wildman–Crippen MR) is 93.3 cm³/mol. The standard InChI is InChI=1S/C19H22O3S/c1-4-7-16-9-6-10-17(8-5-2)19(16)22-23(20,21)18-13-11-15(3)12-14-18/h4,6,9-14H,1,5,7-8H2,2-3H3. The molecule has 0 atom stereocenters. The highest BCUT2D eigenvalue weighted by atomic mass is 32.2. The quantitative estimate of drug-likeness (QED) is 0.557. The molecule has 2 rings (SSSR count). The monoisotopic (exact) mass is 330 g/mol. The molecule has 0 aromatic heterocycles. The third kappa shape index (κ3) is 4.23. The molecule has 0 heterocycles. The number of aryl methyl sites for hydroxylation is 2. The fourth-order valence-corrected chi connectivity index (χ4v) is 3.39. The van der Waals surface area contributed by atoms with Gasteiger partial charge < -0.3 is 4.18 Å². The van der Waals surface area contributed by atoms with Crippen molar-refractivity contribution in [1.82, 2.24) is 0 Å². The molecule has 0 fully saturated rings. The molecule has 0 saturated heterocycles. The molecule has 2 aromatic carbocycles. The number of rotatable bonds is 7. The largest absolute Gasteiger partial charge is 0.378 e. The molecule has 0 aliphatic rings. The van der Waals surface area contributed by atoms with Crippen molar-refractivity contribution in [2.45, 2.75) is 38.0 Å². The molecular formula is C19H22O3S. The normalized spacial score (nSPS) is 11.2. The second kappa shape index (κ2) is 7.47. The van der Waals surface area contributed by atoms with E-state index in [1.165, 1.54) is 0 Å². The van der Waals surface area contributed by atoms with Gasteiger partial charge in [0, 0.05) is 0 Å². The van der Waals surface area contributed by atoms with Gasteiger partial charge in [-0.2, -0.15) is 8.42 Å². The Bertz CT molecular complexity index is 775. The van der Waals surface area contributed by atoms with Gasteiger partial charge in [0.2, 0.25) is 0 Å². The van der Waals surface area contributed by atoms with Crippen molar-refractivity contribution in [2.75, 3.05) is 0 Å². The first-order valence-corrected chi connectivity index (χ1v) is 9.11. The zero-order chi connectivity index (χ0) is 16.9. The number of hydrogen-bond acceptors (Lipinski definition) is 3. The molecule has 0 aliphatic heterocycles. The Morgan fingerprint density at radius 3 is 2.35 bits per heavy atom. The molecule has 2 aromatic rings. The first kappa shape index (κ1) is 17.3. The Morgan fingerprint density at radius 2 is 1.74 bits per heavy atom. The summed E-state index contributed by atoms with van der Waals surface area (Å²) in [5.74, 6) is 0.440. The Hall–Kier alpha value is -2.07. The van der Waals surface area contributed by atoms with E-state index in [0.29, 0.717) is 12.2 Å². The fourth-order valence-electron chi connectivity index (χ4n) is 2.39. The third-order valence-corrected chi connectivity index (χ3v) is 4.80. The van der Waals surface area contributed by atoms with Crippen molar-refractivity contribution in [1.29, 1.82) is 0 Å². The Kier molecular flexibility index (Phi) is 5.61. The predicted octanol–water partition coefficient (Wildman–Crippen LogP) is 4.44. The maximum Gasteiger partial charge on any atom is 0.339 e. The summed E-state index contributed by atoms with van der Waals surface area (Å²) >= 11 is 0. The number of benzene rings is 2. The van der Waals surface area contributed by atoms with Crippen LogP contribution in [0.25, 0.3) is 0 Å². The van der Waals surface area contributed by atoms with Crippen LogP contribution in [0.4, 0.5) is 0 Å². The minimum Gasteiger partial charge on any atom is -0.378 e. The minimum atomic E-state index is -3.85. The van der Waals surface area contributed by atoms with Gasteiger partial charge in [-0.3, -0.25) is 0 Å². The molecule has 0 bridgehead atoms. The molecular weight excluding hydrogens is 308 g/mol. The highest BCUT2D eigenvalue weighted by Gasteiger charge is 2.20. The van der Waals surface area contributed by atoms with Crippen LogP contribution >= 0.6 is 0 Å². The second-order valence-corrected chi connectivity index (χ2v) is 7.05. The summed E-state index contributed by atoms with van der Waals surface area (Å²) in [5.41, 5.74) is 2.74. The highest BCUT2D eigenvalue weighted by molar-refractivity contribution is 7.87. The van der Waals surface area contributed by atoms with E-state index in [-0.39, 0.29) is 4.90 Å². The lowest BCUT2D eigenvalue weighted by Crippen LogP contribution is -2.12. The Morgan fingerprint density at radius 1 is 1.09 bits per heavy atom. The average molecular weight is 330 g/mol. The summed E-state index contributed by atoms with van der Waals surface area (Å²) in [6.45, 7) is 7.70. The van der Waals surface area contributed by atoms with E-state index in [2.05, 4.69) is 13.5 Å². The molecule has 0 spiro atoms. The third-order valence-electron chi connectivity index (χ3n) is 3.56. The lowest BCUT2D eigenvalue weighted by Gasteiger charge is -2.15. The molecule has 4 heteroatoms. The van der Waals surface area contributed by atoms with Crippen LogP contribution in [0.1, 0.15) is 30.0 Å². The summed E-state index contributed by atoms with van der Waals surface area (Å²) in [5, 5.41) is 0. The van der Waals surface area contributed by atoms with Crippen molar-refractivity contribution in [3.05, 3.63) is 71.8 Å². The number of allylic oxidation sites excluding steroid dienone is 1. The molecule has 0 unspecified atom stereocenters. The SMILES string of the molecule is C=CCc1cccc(CCC)c1OS(=O)(=O)c1ccc(C)cc1. The Labute approximate surface area is 138 Å². The fraction of sp³-hybridized carbons (Fsp3) is 0.263. The molecule has 0 saturated carbocycles. The molecule has 3 nitrogen and oxygen atoms in total. The number of hydrogen-bond donors (Lipinski definition) is 0. The van der Waals surface area contributed by atoms with Crippen molar-refractivity contribution in [3.8, 4) is 5.75 Å². The van der Waals surface area contributed by atoms with Crippen LogP contribution in [0, 0.1) is 6.92 Å².